The van der Waals surface area contributed by atoms with E-state index in [0.717, 1.165) is 55.4 Å². The smallest absolute Gasteiger partial charge is 0.178 e. The normalized spacial score (nSPS) is 14.5. The summed E-state index contributed by atoms with van der Waals surface area (Å²) in [6.45, 7) is 3.33. The number of para-hydroxylation sites is 2. The first-order valence-corrected chi connectivity index (χ1v) is 11.2. The van der Waals surface area contributed by atoms with Gasteiger partial charge in [0.1, 0.15) is 0 Å². The summed E-state index contributed by atoms with van der Waals surface area (Å²) < 4.78 is 0. The summed E-state index contributed by atoms with van der Waals surface area (Å²) in [4.78, 5) is 4.90. The first kappa shape index (κ1) is 23.3. The van der Waals surface area contributed by atoms with E-state index in [1.807, 2.05) is 18.2 Å². The maximum Gasteiger partial charge on any atom is 0.178 e. The fourth-order valence-corrected chi connectivity index (χ4v) is 4.49. The minimum Gasteiger partial charge on any atom is -0.332 e. The summed E-state index contributed by atoms with van der Waals surface area (Å²) in [6.07, 6.45) is 3.34. The fourth-order valence-electron chi connectivity index (χ4n) is 4.12. The maximum atomic E-state index is 5.87. The van der Waals surface area contributed by atoms with Gasteiger partial charge in [-0.2, -0.15) is 0 Å². The number of halogens is 1. The van der Waals surface area contributed by atoms with Gasteiger partial charge in [0.2, 0.25) is 0 Å². The molecule has 1 aliphatic heterocycles. The Morgan fingerprint density at radius 2 is 1.39 bits per heavy atom. The average molecular weight is 452 g/mol. The molecule has 0 aromatic heterocycles. The summed E-state index contributed by atoms with van der Waals surface area (Å²) in [5.41, 5.74) is 3.61. The van der Waals surface area contributed by atoms with Crippen LogP contribution in [-0.4, -0.2) is 35.7 Å². The largest absolute Gasteiger partial charge is 0.332 e. The van der Waals surface area contributed by atoms with Crippen molar-refractivity contribution in [3.63, 3.8) is 0 Å². The Morgan fingerprint density at radius 3 is 2.00 bits per heavy atom. The van der Waals surface area contributed by atoms with Gasteiger partial charge >= 0.3 is 0 Å². The van der Waals surface area contributed by atoms with Crippen molar-refractivity contribution in [2.24, 2.45) is 0 Å². The SMILES string of the molecule is Cl.S=C(Nc1ccccc1)N(c1ccccc1)C1CCN(CCc2ccccc2)CC1. The molecule has 0 saturated carbocycles. The predicted molar refractivity (Wildman–Crippen MR) is 138 cm³/mol. The Hall–Kier alpha value is -2.40. The quantitative estimate of drug-likeness (QED) is 0.462. The van der Waals surface area contributed by atoms with E-state index in [9.17, 15) is 0 Å². The van der Waals surface area contributed by atoms with Crippen LogP contribution in [0.3, 0.4) is 0 Å². The van der Waals surface area contributed by atoms with Gasteiger partial charge in [-0.1, -0.05) is 66.7 Å². The van der Waals surface area contributed by atoms with Crippen molar-refractivity contribution in [2.75, 3.05) is 29.9 Å². The predicted octanol–water partition coefficient (Wildman–Crippen LogP) is 6.02. The van der Waals surface area contributed by atoms with Gasteiger partial charge < -0.3 is 15.1 Å². The lowest BCUT2D eigenvalue weighted by Gasteiger charge is -2.40. The van der Waals surface area contributed by atoms with Crippen molar-refractivity contribution in [3.8, 4) is 0 Å². The highest BCUT2D eigenvalue weighted by atomic mass is 35.5. The molecule has 5 heteroatoms. The van der Waals surface area contributed by atoms with Gasteiger partial charge in [-0.15, -0.1) is 12.4 Å². The molecule has 0 radical (unpaired) electrons. The third-order valence-electron chi connectivity index (χ3n) is 5.76. The van der Waals surface area contributed by atoms with Gasteiger partial charge in [0.25, 0.3) is 0 Å². The molecule has 162 valence electrons. The molecule has 0 unspecified atom stereocenters. The van der Waals surface area contributed by atoms with Gasteiger partial charge in [-0.05, 0) is 61.3 Å². The number of thiocarbonyl (C=S) groups is 1. The highest BCUT2D eigenvalue weighted by molar-refractivity contribution is 7.80. The topological polar surface area (TPSA) is 18.5 Å². The number of piperidine rings is 1. The van der Waals surface area contributed by atoms with Crippen LogP contribution in [0, 0.1) is 0 Å². The van der Waals surface area contributed by atoms with Crippen molar-refractivity contribution in [1.82, 2.24) is 4.90 Å². The summed E-state index contributed by atoms with van der Waals surface area (Å²) >= 11 is 5.87. The van der Waals surface area contributed by atoms with E-state index in [2.05, 4.69) is 87.9 Å². The van der Waals surface area contributed by atoms with Gasteiger partial charge in [0.15, 0.2) is 5.11 Å². The van der Waals surface area contributed by atoms with E-state index in [4.69, 9.17) is 12.2 Å². The number of nitrogens with zero attached hydrogens (tertiary/aromatic N) is 2. The van der Waals surface area contributed by atoms with Crippen LogP contribution >= 0.6 is 24.6 Å². The van der Waals surface area contributed by atoms with Gasteiger partial charge in [-0.25, -0.2) is 0 Å². The average Bonchev–Trinajstić information content (AvgIpc) is 2.81. The number of benzene rings is 3. The zero-order valence-electron chi connectivity index (χ0n) is 17.7. The van der Waals surface area contributed by atoms with Crippen LogP contribution in [-0.2, 0) is 6.42 Å². The Kier molecular flexibility index (Phi) is 8.89. The van der Waals surface area contributed by atoms with Crippen LogP contribution in [0.4, 0.5) is 11.4 Å². The molecular weight excluding hydrogens is 422 g/mol. The van der Waals surface area contributed by atoms with E-state index in [1.54, 1.807) is 0 Å². The molecule has 0 bridgehead atoms. The van der Waals surface area contributed by atoms with Crippen LogP contribution in [0.1, 0.15) is 18.4 Å². The molecule has 1 heterocycles. The summed E-state index contributed by atoms with van der Waals surface area (Å²) in [5.74, 6) is 0. The lowest BCUT2D eigenvalue weighted by atomic mass is 10.0. The molecular formula is C26H30ClN3S. The second kappa shape index (κ2) is 11.8. The molecule has 0 spiro atoms. The van der Waals surface area contributed by atoms with E-state index in [-0.39, 0.29) is 12.4 Å². The summed E-state index contributed by atoms with van der Waals surface area (Å²) in [6, 6.07) is 31.9. The third kappa shape index (κ3) is 6.54. The number of likely N-dealkylation sites (tertiary alicyclic amines) is 1. The third-order valence-corrected chi connectivity index (χ3v) is 6.06. The molecule has 3 nitrogen and oxygen atoms in total. The van der Waals surface area contributed by atoms with E-state index in [0.29, 0.717) is 6.04 Å². The summed E-state index contributed by atoms with van der Waals surface area (Å²) in [5, 5.41) is 4.21. The zero-order valence-corrected chi connectivity index (χ0v) is 19.3. The van der Waals surface area contributed by atoms with Crippen molar-refractivity contribution in [2.45, 2.75) is 25.3 Å². The number of nitrogens with one attached hydrogen (secondary N) is 1. The first-order chi connectivity index (χ1) is 14.8. The Balaban J connectivity index is 0.00000272. The van der Waals surface area contributed by atoms with Crippen molar-refractivity contribution < 1.29 is 0 Å². The van der Waals surface area contributed by atoms with Crippen LogP contribution in [0.15, 0.2) is 91.0 Å². The van der Waals surface area contributed by atoms with E-state index in [1.165, 1.54) is 5.56 Å². The molecule has 3 aromatic rings. The van der Waals surface area contributed by atoms with E-state index >= 15 is 0 Å². The first-order valence-electron chi connectivity index (χ1n) is 10.8. The number of anilines is 2. The molecule has 0 aliphatic carbocycles. The van der Waals surface area contributed by atoms with Crippen LogP contribution in [0.5, 0.6) is 0 Å². The second-order valence-electron chi connectivity index (χ2n) is 7.81. The van der Waals surface area contributed by atoms with Gasteiger partial charge in [-0.3, -0.25) is 0 Å². The minimum atomic E-state index is 0. The zero-order chi connectivity index (χ0) is 20.6. The van der Waals surface area contributed by atoms with Crippen molar-refractivity contribution in [3.05, 3.63) is 96.6 Å². The number of rotatable bonds is 6. The Morgan fingerprint density at radius 1 is 0.839 bits per heavy atom. The van der Waals surface area contributed by atoms with Crippen LogP contribution < -0.4 is 10.2 Å². The molecule has 3 aromatic carbocycles. The van der Waals surface area contributed by atoms with Crippen LogP contribution in [0.2, 0.25) is 0 Å². The molecule has 1 fully saturated rings. The monoisotopic (exact) mass is 451 g/mol. The molecule has 1 N–H and O–H groups in total. The molecule has 1 saturated heterocycles. The lowest BCUT2D eigenvalue weighted by molar-refractivity contribution is 0.216. The minimum absolute atomic E-state index is 0. The Bertz CT molecular complexity index is 913. The second-order valence-corrected chi connectivity index (χ2v) is 8.20. The van der Waals surface area contributed by atoms with Crippen molar-refractivity contribution >= 4 is 41.1 Å². The highest BCUT2D eigenvalue weighted by Gasteiger charge is 2.27. The lowest BCUT2D eigenvalue weighted by Crippen LogP contribution is -2.49. The Labute approximate surface area is 197 Å². The number of hydrogen-bond donors (Lipinski definition) is 1. The molecule has 1 aliphatic rings. The van der Waals surface area contributed by atoms with Crippen molar-refractivity contribution in [1.29, 1.82) is 0 Å². The molecule has 0 atom stereocenters. The molecule has 0 amide bonds. The maximum absolute atomic E-state index is 5.87. The standard InChI is InChI=1S/C26H29N3S.ClH/c30-26(27-23-12-6-2-7-13-23)29(24-14-8-3-9-15-24)25-17-20-28(21-18-25)19-16-22-10-4-1-5-11-22;/h1-15,25H,16-21H2,(H,27,30);1H. The van der Waals surface area contributed by atoms with E-state index < -0.39 is 0 Å². The molecule has 4 rings (SSSR count). The van der Waals surface area contributed by atoms with Gasteiger partial charge in [0, 0.05) is 37.1 Å². The number of hydrogen-bond acceptors (Lipinski definition) is 2. The van der Waals surface area contributed by atoms with Crippen LogP contribution in [0.25, 0.3) is 0 Å². The summed E-state index contributed by atoms with van der Waals surface area (Å²) in [7, 11) is 0. The van der Waals surface area contributed by atoms with Gasteiger partial charge in [0.05, 0.1) is 0 Å². The molecule has 31 heavy (non-hydrogen) atoms. The fraction of sp³-hybridized carbons (Fsp3) is 0.269. The highest BCUT2D eigenvalue weighted by Crippen LogP contribution is 2.25.